The Bertz CT molecular complexity index is 686. The third-order valence-corrected chi connectivity index (χ3v) is 5.26. The smallest absolute Gasteiger partial charge is 0.124 e. The molecule has 1 spiro atoms. The second-order valence-corrected chi connectivity index (χ2v) is 7.20. The van der Waals surface area contributed by atoms with Gasteiger partial charge in [-0.3, -0.25) is 9.88 Å². The molecule has 5 heteroatoms. The average Bonchev–Trinajstić information content (AvgIpc) is 2.75. The van der Waals surface area contributed by atoms with Crippen LogP contribution in [0.2, 0.25) is 0 Å². The lowest BCUT2D eigenvalue weighted by atomic mass is 9.90. The summed E-state index contributed by atoms with van der Waals surface area (Å²) in [4.78, 5) is 9.07. The molecule has 0 aliphatic carbocycles. The van der Waals surface area contributed by atoms with E-state index in [1.807, 2.05) is 12.4 Å². The van der Waals surface area contributed by atoms with Crippen LogP contribution in [0.1, 0.15) is 24.0 Å². The van der Waals surface area contributed by atoms with E-state index in [-0.39, 0.29) is 18.0 Å². The number of hydrogen-bond acceptors (Lipinski definition) is 4. The molecule has 2 aliphatic heterocycles. The van der Waals surface area contributed by atoms with Crippen LogP contribution in [0.25, 0.3) is 0 Å². The molecule has 0 radical (unpaired) electrons. The highest BCUT2D eigenvalue weighted by molar-refractivity contribution is 5.85. The van der Waals surface area contributed by atoms with E-state index in [4.69, 9.17) is 4.74 Å². The topological polar surface area (TPSA) is 28.6 Å². The Morgan fingerprint density at radius 3 is 2.56 bits per heavy atom. The molecule has 0 atom stereocenters. The second-order valence-electron chi connectivity index (χ2n) is 7.20. The van der Waals surface area contributed by atoms with Gasteiger partial charge >= 0.3 is 0 Å². The zero-order valence-electron chi connectivity index (χ0n) is 14.7. The zero-order chi connectivity index (χ0) is 16.4. The molecule has 1 aromatic carbocycles. The lowest BCUT2D eigenvalue weighted by Gasteiger charge is -2.42. The summed E-state index contributed by atoms with van der Waals surface area (Å²) >= 11 is 0. The number of fused-ring (bicyclic) bond motifs is 1. The molecule has 25 heavy (non-hydrogen) atoms. The Labute approximate surface area is 156 Å². The van der Waals surface area contributed by atoms with Crippen molar-refractivity contribution >= 4 is 12.4 Å². The molecule has 1 saturated heterocycles. The highest BCUT2D eigenvalue weighted by Crippen LogP contribution is 2.35. The molecule has 2 aliphatic rings. The lowest BCUT2D eigenvalue weighted by molar-refractivity contribution is -0.0146. The van der Waals surface area contributed by atoms with E-state index in [1.54, 1.807) is 0 Å². The van der Waals surface area contributed by atoms with Crippen LogP contribution in [-0.2, 0) is 13.1 Å². The van der Waals surface area contributed by atoms with Crippen LogP contribution in [0.15, 0.2) is 48.8 Å². The highest BCUT2D eigenvalue weighted by Gasteiger charge is 2.39. The Kier molecular flexibility index (Phi) is 5.62. The molecule has 1 fully saturated rings. The quantitative estimate of drug-likeness (QED) is 0.822. The van der Waals surface area contributed by atoms with Crippen molar-refractivity contribution in [1.29, 1.82) is 0 Å². The van der Waals surface area contributed by atoms with Crippen LogP contribution in [-0.4, -0.2) is 47.1 Å². The van der Waals surface area contributed by atoms with E-state index < -0.39 is 0 Å². The minimum Gasteiger partial charge on any atom is -0.486 e. The summed E-state index contributed by atoms with van der Waals surface area (Å²) in [6.07, 6.45) is 5.93. The van der Waals surface area contributed by atoms with E-state index in [0.29, 0.717) is 0 Å². The van der Waals surface area contributed by atoms with E-state index in [9.17, 15) is 0 Å². The number of aromatic nitrogens is 1. The van der Waals surface area contributed by atoms with Gasteiger partial charge in [-0.25, -0.2) is 0 Å². The van der Waals surface area contributed by atoms with Crippen LogP contribution in [0.4, 0.5) is 0 Å². The molecule has 1 aromatic heterocycles. The van der Waals surface area contributed by atoms with Gasteiger partial charge in [-0.05, 0) is 30.8 Å². The first-order valence-electron chi connectivity index (χ1n) is 8.79. The summed E-state index contributed by atoms with van der Waals surface area (Å²) < 4.78 is 6.62. The predicted molar refractivity (Wildman–Crippen MR) is 102 cm³/mol. The molecular weight excluding hydrogens is 334 g/mol. The minimum absolute atomic E-state index is 0. The maximum atomic E-state index is 6.62. The fourth-order valence-electron chi connectivity index (χ4n) is 3.85. The zero-order valence-corrected chi connectivity index (χ0v) is 15.5. The fraction of sp³-hybridized carbons (Fsp3) is 0.450. The number of rotatable bonds is 2. The number of likely N-dealkylation sites (tertiary alicyclic amines) is 1. The van der Waals surface area contributed by atoms with Gasteiger partial charge in [0.1, 0.15) is 11.4 Å². The van der Waals surface area contributed by atoms with Gasteiger partial charge in [-0.2, -0.15) is 0 Å². The summed E-state index contributed by atoms with van der Waals surface area (Å²) in [5, 5.41) is 0. The third-order valence-electron chi connectivity index (χ3n) is 5.26. The van der Waals surface area contributed by atoms with Gasteiger partial charge in [0.15, 0.2) is 0 Å². The van der Waals surface area contributed by atoms with Crippen molar-refractivity contribution in [3.05, 3.63) is 59.9 Å². The summed E-state index contributed by atoms with van der Waals surface area (Å²) in [7, 11) is 2.20. The monoisotopic (exact) mass is 359 g/mol. The second kappa shape index (κ2) is 7.73. The van der Waals surface area contributed by atoms with Crippen molar-refractivity contribution < 1.29 is 4.74 Å². The maximum Gasteiger partial charge on any atom is 0.124 e. The first-order valence-corrected chi connectivity index (χ1v) is 8.79. The number of benzene rings is 1. The van der Waals surface area contributed by atoms with Crippen molar-refractivity contribution in [1.82, 2.24) is 14.8 Å². The van der Waals surface area contributed by atoms with E-state index in [1.165, 1.54) is 11.1 Å². The summed E-state index contributed by atoms with van der Waals surface area (Å²) in [5.74, 6) is 1.07. The number of para-hydroxylation sites is 1. The Morgan fingerprint density at radius 1 is 1.08 bits per heavy atom. The largest absolute Gasteiger partial charge is 0.486 e. The van der Waals surface area contributed by atoms with Gasteiger partial charge < -0.3 is 9.64 Å². The maximum absolute atomic E-state index is 6.62. The molecule has 4 nitrogen and oxygen atoms in total. The van der Waals surface area contributed by atoms with Crippen LogP contribution in [0.5, 0.6) is 5.75 Å². The SMILES string of the molecule is CN1CCC2(CC1)CN(Cc1ccncc1)Cc1ccccc1O2.Cl. The summed E-state index contributed by atoms with van der Waals surface area (Å²) in [6.45, 7) is 5.07. The van der Waals surface area contributed by atoms with Gasteiger partial charge in [0.2, 0.25) is 0 Å². The van der Waals surface area contributed by atoms with E-state index in [2.05, 4.69) is 58.2 Å². The molecule has 0 amide bonds. The average molecular weight is 360 g/mol. The van der Waals surface area contributed by atoms with E-state index in [0.717, 1.165) is 51.3 Å². The first-order chi connectivity index (χ1) is 11.7. The normalized spacial score (nSPS) is 20.2. The molecule has 3 heterocycles. The van der Waals surface area contributed by atoms with Crippen molar-refractivity contribution in [2.24, 2.45) is 0 Å². The van der Waals surface area contributed by atoms with Crippen LogP contribution in [0, 0.1) is 0 Å². The standard InChI is InChI=1S/C20H25N3O.ClH/c1-22-12-8-20(9-13-22)16-23(14-17-6-10-21-11-7-17)15-18-4-2-3-5-19(18)24-20;/h2-7,10-11H,8-9,12-16H2,1H3;1H. The fourth-order valence-corrected chi connectivity index (χ4v) is 3.85. The number of pyridine rings is 1. The summed E-state index contributed by atoms with van der Waals surface area (Å²) in [6, 6.07) is 12.7. The lowest BCUT2D eigenvalue weighted by Crippen LogP contribution is -2.52. The number of nitrogens with zero attached hydrogens (tertiary/aromatic N) is 3. The molecular formula is C20H26ClN3O. The third kappa shape index (κ3) is 4.14. The van der Waals surface area contributed by atoms with Crippen molar-refractivity contribution in [2.45, 2.75) is 31.5 Å². The highest BCUT2D eigenvalue weighted by atomic mass is 35.5. The van der Waals surface area contributed by atoms with Crippen LogP contribution >= 0.6 is 12.4 Å². The first kappa shape index (κ1) is 18.2. The summed E-state index contributed by atoms with van der Waals surface area (Å²) in [5.41, 5.74) is 2.54. The van der Waals surface area contributed by atoms with Crippen LogP contribution < -0.4 is 4.74 Å². The molecule has 0 unspecified atom stereocenters. The van der Waals surface area contributed by atoms with Crippen molar-refractivity contribution in [3.8, 4) is 5.75 Å². The van der Waals surface area contributed by atoms with Gasteiger partial charge in [0.05, 0.1) is 0 Å². The van der Waals surface area contributed by atoms with Gasteiger partial charge in [0.25, 0.3) is 0 Å². The number of piperidine rings is 1. The minimum atomic E-state index is -0.0633. The molecule has 134 valence electrons. The molecule has 0 saturated carbocycles. The number of ether oxygens (including phenoxy) is 1. The Morgan fingerprint density at radius 2 is 1.80 bits per heavy atom. The van der Waals surface area contributed by atoms with Gasteiger partial charge in [-0.1, -0.05) is 18.2 Å². The van der Waals surface area contributed by atoms with Gasteiger partial charge in [0, 0.05) is 63.5 Å². The van der Waals surface area contributed by atoms with Crippen LogP contribution in [0.3, 0.4) is 0 Å². The molecule has 2 aromatic rings. The number of halogens is 1. The Hall–Kier alpha value is -1.62. The molecule has 4 rings (SSSR count). The van der Waals surface area contributed by atoms with E-state index >= 15 is 0 Å². The predicted octanol–water partition coefficient (Wildman–Crippen LogP) is 3.36. The van der Waals surface area contributed by atoms with Gasteiger partial charge in [-0.15, -0.1) is 12.4 Å². The molecule has 0 N–H and O–H groups in total. The number of hydrogen-bond donors (Lipinski definition) is 0. The molecule has 0 bridgehead atoms. The van der Waals surface area contributed by atoms with Crippen molar-refractivity contribution in [3.63, 3.8) is 0 Å². The Balaban J connectivity index is 0.00000182. The van der Waals surface area contributed by atoms with Crippen molar-refractivity contribution in [2.75, 3.05) is 26.7 Å².